The highest BCUT2D eigenvalue weighted by Gasteiger charge is 2.23. The predicted molar refractivity (Wildman–Crippen MR) is 81.6 cm³/mol. The van der Waals surface area contributed by atoms with E-state index in [2.05, 4.69) is 4.72 Å². The number of nitrogens with one attached hydrogen (secondary N) is 1. The first-order chi connectivity index (χ1) is 9.81. The molecule has 0 aromatic heterocycles. The van der Waals surface area contributed by atoms with Crippen molar-refractivity contribution in [1.82, 2.24) is 4.72 Å². The third-order valence-electron chi connectivity index (χ3n) is 2.98. The summed E-state index contributed by atoms with van der Waals surface area (Å²) in [6.45, 7) is 6.51. The fourth-order valence-corrected chi connectivity index (χ4v) is 3.31. The Morgan fingerprint density at radius 3 is 2.57 bits per heavy atom. The van der Waals surface area contributed by atoms with E-state index in [0.717, 1.165) is 0 Å². The number of ether oxygens (including phenoxy) is 1. The van der Waals surface area contributed by atoms with E-state index in [0.29, 0.717) is 13.2 Å². The topological polar surface area (TPSA) is 79.2 Å². The van der Waals surface area contributed by atoms with Crippen molar-refractivity contribution in [3.63, 3.8) is 0 Å². The van der Waals surface area contributed by atoms with Gasteiger partial charge < -0.3 is 4.74 Å². The highest BCUT2D eigenvalue weighted by atomic mass is 35.5. The van der Waals surface area contributed by atoms with Gasteiger partial charge in [0.2, 0.25) is 10.0 Å². The minimum Gasteiger partial charge on any atom is -0.380 e. The molecule has 0 saturated carbocycles. The number of rotatable bonds is 7. The molecule has 0 saturated heterocycles. The molecule has 0 aliphatic carbocycles. The van der Waals surface area contributed by atoms with E-state index in [1.165, 1.54) is 18.2 Å². The Morgan fingerprint density at radius 2 is 2.10 bits per heavy atom. The minimum absolute atomic E-state index is 0.0358. The lowest BCUT2D eigenvalue weighted by molar-refractivity contribution is 0.116. The number of nitriles is 1. The largest absolute Gasteiger partial charge is 0.380 e. The molecule has 1 atom stereocenters. The van der Waals surface area contributed by atoms with Crippen LogP contribution in [-0.4, -0.2) is 27.7 Å². The summed E-state index contributed by atoms with van der Waals surface area (Å²) in [7, 11) is -3.71. The van der Waals surface area contributed by atoms with Crippen LogP contribution in [0.3, 0.4) is 0 Å². The van der Waals surface area contributed by atoms with E-state index in [9.17, 15) is 8.42 Å². The van der Waals surface area contributed by atoms with E-state index >= 15 is 0 Å². The molecule has 0 amide bonds. The van der Waals surface area contributed by atoms with Crippen LogP contribution in [0, 0.1) is 17.2 Å². The number of nitrogens with zero attached hydrogens (tertiary/aromatic N) is 1. The van der Waals surface area contributed by atoms with Crippen LogP contribution in [0.4, 0.5) is 0 Å². The van der Waals surface area contributed by atoms with Crippen LogP contribution in [0.1, 0.15) is 26.3 Å². The molecule has 1 N–H and O–H groups in total. The SMILES string of the molecule is CCOCC(NS(=O)(=O)c1ccc(C#N)c(Cl)c1)C(C)C. The van der Waals surface area contributed by atoms with Crippen LogP contribution in [0.15, 0.2) is 23.1 Å². The van der Waals surface area contributed by atoms with Gasteiger partial charge >= 0.3 is 0 Å². The molecule has 1 aromatic carbocycles. The fraction of sp³-hybridized carbons (Fsp3) is 0.500. The zero-order chi connectivity index (χ0) is 16.0. The highest BCUT2D eigenvalue weighted by molar-refractivity contribution is 7.89. The number of hydrogen-bond acceptors (Lipinski definition) is 4. The van der Waals surface area contributed by atoms with Gasteiger partial charge in [0.1, 0.15) is 6.07 Å². The van der Waals surface area contributed by atoms with Gasteiger partial charge in [-0.25, -0.2) is 13.1 Å². The molecular weight excluding hydrogens is 312 g/mol. The average Bonchev–Trinajstić information content (AvgIpc) is 2.43. The molecular formula is C14H19ClN2O3S. The minimum atomic E-state index is -3.71. The molecule has 0 radical (unpaired) electrons. The summed E-state index contributed by atoms with van der Waals surface area (Å²) in [5, 5.41) is 8.93. The molecule has 0 bridgehead atoms. The van der Waals surface area contributed by atoms with Crippen molar-refractivity contribution in [1.29, 1.82) is 5.26 Å². The lowest BCUT2D eigenvalue weighted by atomic mass is 10.1. The van der Waals surface area contributed by atoms with Gasteiger partial charge in [-0.1, -0.05) is 25.4 Å². The van der Waals surface area contributed by atoms with Crippen molar-refractivity contribution >= 4 is 21.6 Å². The third kappa shape index (κ3) is 4.97. The first-order valence-electron chi connectivity index (χ1n) is 6.61. The number of halogens is 1. The molecule has 1 rings (SSSR count). The molecule has 0 heterocycles. The monoisotopic (exact) mass is 330 g/mol. The lowest BCUT2D eigenvalue weighted by Gasteiger charge is -2.22. The summed E-state index contributed by atoms with van der Waals surface area (Å²) in [5.41, 5.74) is 0.241. The van der Waals surface area contributed by atoms with Gasteiger partial charge in [-0.3, -0.25) is 0 Å². The van der Waals surface area contributed by atoms with Gasteiger partial charge in [-0.15, -0.1) is 0 Å². The maximum absolute atomic E-state index is 12.4. The first-order valence-corrected chi connectivity index (χ1v) is 8.47. The second-order valence-corrected chi connectivity index (χ2v) is 7.01. The summed E-state index contributed by atoms with van der Waals surface area (Å²) in [4.78, 5) is 0.0358. The van der Waals surface area contributed by atoms with Crippen molar-refractivity contribution in [2.24, 2.45) is 5.92 Å². The second kappa shape index (κ2) is 7.76. The first kappa shape index (κ1) is 17.9. The Kier molecular flexibility index (Phi) is 6.62. The predicted octanol–water partition coefficient (Wildman–Crippen LogP) is 2.55. The van der Waals surface area contributed by atoms with E-state index in [1.807, 2.05) is 26.8 Å². The Balaban J connectivity index is 2.99. The van der Waals surface area contributed by atoms with Crippen molar-refractivity contribution < 1.29 is 13.2 Å². The van der Waals surface area contributed by atoms with Gasteiger partial charge in [-0.2, -0.15) is 5.26 Å². The van der Waals surface area contributed by atoms with Crippen molar-refractivity contribution in [2.75, 3.05) is 13.2 Å². The Bertz CT molecular complexity index is 624. The van der Waals surface area contributed by atoms with Crippen LogP contribution in [-0.2, 0) is 14.8 Å². The lowest BCUT2D eigenvalue weighted by Crippen LogP contribution is -2.41. The van der Waals surface area contributed by atoms with E-state index < -0.39 is 10.0 Å². The van der Waals surface area contributed by atoms with Crippen molar-refractivity contribution in [3.05, 3.63) is 28.8 Å². The zero-order valence-electron chi connectivity index (χ0n) is 12.3. The number of benzene rings is 1. The Labute approximate surface area is 130 Å². The van der Waals surface area contributed by atoms with Crippen LogP contribution in [0.2, 0.25) is 5.02 Å². The average molecular weight is 331 g/mol. The maximum atomic E-state index is 12.4. The van der Waals surface area contributed by atoms with Crippen LogP contribution < -0.4 is 4.72 Å². The number of sulfonamides is 1. The van der Waals surface area contributed by atoms with Gasteiger partial charge in [0.25, 0.3) is 0 Å². The van der Waals surface area contributed by atoms with Crippen molar-refractivity contribution in [3.8, 4) is 6.07 Å². The summed E-state index contributed by atoms with van der Waals surface area (Å²) in [6.07, 6.45) is 0. The molecule has 1 aromatic rings. The van der Waals surface area contributed by atoms with Gasteiger partial charge in [-0.05, 0) is 31.0 Å². The van der Waals surface area contributed by atoms with E-state index in [-0.39, 0.29) is 27.4 Å². The van der Waals surface area contributed by atoms with Gasteiger partial charge in [0.15, 0.2) is 0 Å². The van der Waals surface area contributed by atoms with Crippen LogP contribution >= 0.6 is 11.6 Å². The molecule has 0 spiro atoms. The van der Waals surface area contributed by atoms with Gasteiger partial charge in [0.05, 0.1) is 22.1 Å². The van der Waals surface area contributed by atoms with E-state index in [1.54, 1.807) is 0 Å². The molecule has 1 unspecified atom stereocenters. The molecule has 7 heteroatoms. The normalized spacial score (nSPS) is 13.1. The smallest absolute Gasteiger partial charge is 0.240 e. The fourth-order valence-electron chi connectivity index (χ4n) is 1.63. The molecule has 5 nitrogen and oxygen atoms in total. The summed E-state index contributed by atoms with van der Waals surface area (Å²) >= 11 is 5.88. The quantitative estimate of drug-likeness (QED) is 0.833. The van der Waals surface area contributed by atoms with Crippen LogP contribution in [0.5, 0.6) is 0 Å². The molecule has 21 heavy (non-hydrogen) atoms. The molecule has 0 aliphatic heterocycles. The summed E-state index contributed by atoms with van der Waals surface area (Å²) < 4.78 is 32.6. The van der Waals surface area contributed by atoms with E-state index in [4.69, 9.17) is 21.6 Å². The molecule has 0 aliphatic rings. The third-order valence-corrected chi connectivity index (χ3v) is 4.78. The Hall–Kier alpha value is -1.13. The maximum Gasteiger partial charge on any atom is 0.240 e. The van der Waals surface area contributed by atoms with Crippen LogP contribution in [0.25, 0.3) is 0 Å². The second-order valence-electron chi connectivity index (χ2n) is 4.88. The number of hydrogen-bond donors (Lipinski definition) is 1. The summed E-state index contributed by atoms with van der Waals surface area (Å²) in [5.74, 6) is 0.0835. The molecule has 116 valence electrons. The standard InChI is InChI=1S/C14H19ClN2O3S/c1-4-20-9-14(10(2)3)17-21(18,19)12-6-5-11(8-16)13(15)7-12/h5-7,10,14,17H,4,9H2,1-3H3. The highest BCUT2D eigenvalue weighted by Crippen LogP contribution is 2.20. The Morgan fingerprint density at radius 1 is 1.43 bits per heavy atom. The summed E-state index contributed by atoms with van der Waals surface area (Å²) in [6, 6.07) is 5.60. The van der Waals surface area contributed by atoms with Gasteiger partial charge in [0, 0.05) is 12.6 Å². The zero-order valence-corrected chi connectivity index (χ0v) is 13.8. The van der Waals surface area contributed by atoms with Crippen molar-refractivity contribution in [2.45, 2.75) is 31.7 Å². The molecule has 0 fully saturated rings.